The topological polar surface area (TPSA) is 228 Å². The van der Waals surface area contributed by atoms with Crippen LogP contribution in [0.4, 0.5) is 0 Å². The van der Waals surface area contributed by atoms with Crippen LogP contribution in [0.1, 0.15) is 244 Å². The third-order valence-corrected chi connectivity index (χ3v) is 47.6. The zero-order valence-corrected chi connectivity index (χ0v) is 79.5. The monoisotopic (exact) mass is 1690 g/mol. The minimum absolute atomic E-state index is 0.00770. The Morgan fingerprint density at radius 2 is 1.25 bits per heavy atom. The Morgan fingerprint density at radius 1 is 0.621 bits per heavy atom. The first-order valence-electron chi connectivity index (χ1n) is 44.4. The Kier molecular flexibility index (Phi) is 30.1. The van der Waals surface area contributed by atoms with E-state index in [1.165, 1.54) is 0 Å². The van der Waals surface area contributed by atoms with Crippen LogP contribution in [-0.4, -0.2) is 211 Å². The summed E-state index contributed by atoms with van der Waals surface area (Å²) in [5.41, 5.74) is 2.81. The number of carbonyl (C=O) groups is 3. The van der Waals surface area contributed by atoms with Crippen molar-refractivity contribution in [3.05, 3.63) is 66.3 Å². The molecule has 11 aliphatic rings. The van der Waals surface area contributed by atoms with E-state index in [2.05, 4.69) is 162 Å². The molecule has 0 aromatic heterocycles. The van der Waals surface area contributed by atoms with Gasteiger partial charge in [0, 0.05) is 63.2 Å². The highest BCUT2D eigenvalue weighted by atomic mass is 28.4. The van der Waals surface area contributed by atoms with Crippen molar-refractivity contribution in [3.63, 3.8) is 0 Å². The van der Waals surface area contributed by atoms with Crippen LogP contribution in [0, 0.1) is 17.8 Å². The van der Waals surface area contributed by atoms with Gasteiger partial charge in [0.2, 0.25) is 11.6 Å². The van der Waals surface area contributed by atoms with E-state index in [-0.39, 0.29) is 106 Å². The van der Waals surface area contributed by atoms with Crippen molar-refractivity contribution in [3.8, 4) is 5.75 Å². The molecule has 1 aromatic carbocycles. The van der Waals surface area contributed by atoms with Gasteiger partial charge in [-0.1, -0.05) is 128 Å². The van der Waals surface area contributed by atoms with Gasteiger partial charge in [-0.2, -0.15) is 0 Å². The Balaban J connectivity index is 0.752. The van der Waals surface area contributed by atoms with Crippen molar-refractivity contribution < 1.29 is 98.8 Å². The van der Waals surface area contributed by atoms with E-state index in [9.17, 15) is 19.5 Å². The van der Waals surface area contributed by atoms with E-state index in [1.807, 2.05) is 37.5 Å². The molecule has 116 heavy (non-hydrogen) atoms. The van der Waals surface area contributed by atoms with Gasteiger partial charge in [-0.25, -0.2) is 0 Å². The molecule has 2 spiro atoms. The van der Waals surface area contributed by atoms with E-state index >= 15 is 0 Å². The van der Waals surface area contributed by atoms with Gasteiger partial charge < -0.3 is 89.2 Å². The van der Waals surface area contributed by atoms with Crippen LogP contribution in [0.15, 0.2) is 60.7 Å². The second-order valence-corrected chi connectivity index (χ2v) is 61.6. The van der Waals surface area contributed by atoms with Gasteiger partial charge in [-0.15, -0.1) is 0 Å². The van der Waals surface area contributed by atoms with Crippen molar-refractivity contribution in [2.24, 2.45) is 17.8 Å². The molecule has 0 radical (unpaired) electrons. The van der Waals surface area contributed by atoms with Crippen molar-refractivity contribution in [2.75, 3.05) is 20.8 Å². The second-order valence-electron chi connectivity index (χ2n) is 42.6. The summed E-state index contributed by atoms with van der Waals surface area (Å²) in [6.45, 7) is 59.8. The number of ketones is 1. The average Bonchev–Trinajstić information content (AvgIpc) is 1.50. The summed E-state index contributed by atoms with van der Waals surface area (Å²) in [5.74, 6) is -2.43. The van der Waals surface area contributed by atoms with Crippen LogP contribution in [0.3, 0.4) is 0 Å². The average molecular weight is 1690 g/mol. The number of esters is 1. The molecule has 11 bridgehead atoms. The molecule has 0 saturated carbocycles. The number of hydrogen-bond donors (Lipinski definition) is 1. The van der Waals surface area contributed by atoms with Crippen molar-refractivity contribution in [1.29, 1.82) is 0 Å². The van der Waals surface area contributed by atoms with Gasteiger partial charge in [0.15, 0.2) is 51.4 Å². The van der Waals surface area contributed by atoms with Gasteiger partial charge >= 0.3 is 5.97 Å². The van der Waals surface area contributed by atoms with Gasteiger partial charge in [-0.05, 0) is 204 Å². The molecule has 11 fully saturated rings. The molecule has 11 saturated heterocycles. The molecular weight excluding hydrogens is 1540 g/mol. The summed E-state index contributed by atoms with van der Waals surface area (Å²) in [6, 6.07) is 7.62. The summed E-state index contributed by atoms with van der Waals surface area (Å²) < 4.78 is 118. The Bertz CT molecular complexity index is 3510. The lowest BCUT2D eigenvalue weighted by Crippen LogP contribution is -2.59. The number of hydrogen-bond acceptors (Lipinski definition) is 21. The predicted octanol–water partition coefficient (Wildman–Crippen LogP) is 18.5. The van der Waals surface area contributed by atoms with Crippen LogP contribution >= 0.6 is 0 Å². The number of aldehydes is 1. The number of ether oxygens (including phenoxy) is 13. The molecule has 0 aliphatic carbocycles. The fourth-order valence-corrected chi connectivity index (χ4v) is 23.4. The lowest BCUT2D eigenvalue weighted by atomic mass is 9.82. The van der Waals surface area contributed by atoms with Gasteiger partial charge in [0.25, 0.3) is 0 Å². The molecule has 11 aliphatic heterocycles. The summed E-state index contributed by atoms with van der Waals surface area (Å²) in [4.78, 5) is 42.1. The van der Waals surface area contributed by atoms with E-state index in [1.54, 1.807) is 13.2 Å². The minimum Gasteiger partial charge on any atom is -0.497 e. The highest BCUT2D eigenvalue weighted by Gasteiger charge is 2.82. The first kappa shape index (κ1) is 94.0. The molecule has 1 aromatic rings. The van der Waals surface area contributed by atoms with Crippen LogP contribution in [-0.2, 0) is 88.9 Å². The van der Waals surface area contributed by atoms with Gasteiger partial charge in [-0.3, -0.25) is 9.59 Å². The lowest BCUT2D eigenvalue weighted by molar-refractivity contribution is -0.311. The molecular formula is C91H152O21Si4. The van der Waals surface area contributed by atoms with Gasteiger partial charge in [0.1, 0.15) is 36.5 Å². The number of aliphatic hydroxyl groups is 1. The molecule has 658 valence electrons. The molecule has 26 atom stereocenters. The Morgan fingerprint density at radius 3 is 1.91 bits per heavy atom. The quantitative estimate of drug-likeness (QED) is 0.0270. The highest BCUT2D eigenvalue weighted by Crippen LogP contribution is 2.64. The highest BCUT2D eigenvalue weighted by molar-refractivity contribution is 6.75. The third kappa shape index (κ3) is 22.0. The maximum Gasteiger partial charge on any atom is 0.308 e. The number of benzene rings is 1. The fourth-order valence-electron chi connectivity index (χ4n) is 18.3. The molecule has 11 heterocycles. The lowest BCUT2D eigenvalue weighted by Gasteiger charge is -2.50. The maximum absolute atomic E-state index is 14.5. The van der Waals surface area contributed by atoms with E-state index in [0.29, 0.717) is 89.4 Å². The Labute approximate surface area is 701 Å². The Hall–Kier alpha value is -2.72. The predicted molar refractivity (Wildman–Crippen MR) is 458 cm³/mol. The molecule has 25 heteroatoms. The zero-order chi connectivity index (χ0) is 84.8. The zero-order valence-electron chi connectivity index (χ0n) is 75.5. The van der Waals surface area contributed by atoms with Crippen molar-refractivity contribution in [1.82, 2.24) is 0 Å². The van der Waals surface area contributed by atoms with E-state index < -0.39 is 136 Å². The number of fused-ring (bicyclic) bond motifs is 7. The minimum atomic E-state index is -2.48. The first-order valence-corrected chi connectivity index (χ1v) is 56.0. The summed E-state index contributed by atoms with van der Waals surface area (Å²) in [7, 11) is -5.44. The van der Waals surface area contributed by atoms with Crippen LogP contribution in [0.5, 0.6) is 5.75 Å². The largest absolute Gasteiger partial charge is 0.497 e. The van der Waals surface area contributed by atoms with E-state index in [0.717, 1.165) is 61.5 Å². The smallest absolute Gasteiger partial charge is 0.308 e. The number of carbonyl (C=O) groups excluding carboxylic acids is 3. The maximum atomic E-state index is 14.5. The fraction of sp³-hybridized carbons (Fsp3) is 0.835. The number of aliphatic hydroxyl groups excluding tert-OH is 1. The van der Waals surface area contributed by atoms with Crippen LogP contribution < -0.4 is 4.74 Å². The standard InChI is InChI=1S/C91H152O21Si4/c1-56(44-70(111-115(23,24)88(11,12)13)49-65(97-18)37-38-69(110-114(21,22)87(8,9)10)55-98-113(19,20)86(5,6)7)43-60(54-92)29-27-28-30-62(93)47-73-78(112-116(25,26)89(14,15)16)53-76-75(102-73)52-77-74(103-76)51-72-59(4)57(2)45-66(100-72)39-40-71-58(3)46-68(99-71)41-42-90-85-91(109-84(105-85)61-31-34-64(96-17)35-32-61)83(108-90)82-81(107-91)79(106-90)50-67(101-82)36-33-63(94)48-80(95)104-77/h28,30-32,34-35,54,56-57,60,63,65-79,81-85,94H,3-4,27,29,33,36-53,55H2,1-2,5-26H3/b30-28+/t56-,57+,60+,63?,65?,66-,67?,68?,69+,70?,71?,72?,73?,74-,75?,76-,77?,78?,79?,81+,82?,83?,84?,85?,90+,91+/m0/s1. The number of allylic oxidation sites excluding steroid dienone is 2. The normalized spacial score (nSPS) is 35.8. The summed E-state index contributed by atoms with van der Waals surface area (Å²) in [6.07, 6.45) is 5.98. The molecule has 16 unspecified atom stereocenters. The van der Waals surface area contributed by atoms with E-state index in [4.69, 9.17) is 79.3 Å². The second kappa shape index (κ2) is 37.2. The summed E-state index contributed by atoms with van der Waals surface area (Å²) in [5, 5.41) is 11.8. The van der Waals surface area contributed by atoms with Crippen molar-refractivity contribution in [2.45, 2.75) is 444 Å². The molecule has 12 rings (SSSR count). The van der Waals surface area contributed by atoms with Crippen LogP contribution in [0.2, 0.25) is 72.5 Å². The third-order valence-electron chi connectivity index (χ3n) is 29.5. The first-order chi connectivity index (χ1) is 54.0. The van der Waals surface area contributed by atoms with Crippen molar-refractivity contribution >= 4 is 51.3 Å². The summed E-state index contributed by atoms with van der Waals surface area (Å²) >= 11 is 0. The number of methoxy groups -OCH3 is 2. The molecule has 1 N–H and O–H groups in total. The van der Waals surface area contributed by atoms with Gasteiger partial charge in [0.05, 0.1) is 106 Å². The van der Waals surface area contributed by atoms with Crippen LogP contribution in [0.25, 0.3) is 0 Å². The molecule has 21 nitrogen and oxygen atoms in total. The number of rotatable bonds is 28. The SMILES string of the molecule is C=C1CC2CC[C@@]34OC5CC(CCC(O)CC(=O)OC6CC7OC(CC(=O)/C=C/CC[C@@H](C=O)C[C@H](C)CC(CC(CC[C@H](CO[Si](C)(C)C(C)(C)C)O[Si](C)(C)C(C)(C)C)OC)O[Si](C)(C)C(C)(C)C)C(O[Si](C)(C)C(C)(C)C)C[C@@H]7O[C@H]6CC6O[C@@H](CCC1O2)C[C@@H](C)C6=C)OC1C(O3)[C@]2(OC(c3ccc(OC)cc3)OC42)O[C@H]51. The molecule has 0 amide bonds.